The average molecular weight is 334 g/mol. The molecule has 25 heavy (non-hydrogen) atoms. The Balaban J connectivity index is 1.80. The van der Waals surface area contributed by atoms with E-state index in [1.807, 2.05) is 62.4 Å². The highest BCUT2D eigenvalue weighted by molar-refractivity contribution is 6.03. The van der Waals surface area contributed by atoms with Crippen LogP contribution in [0.25, 0.3) is 0 Å². The molecule has 0 aliphatic carbocycles. The van der Waals surface area contributed by atoms with Crippen molar-refractivity contribution in [3.63, 3.8) is 0 Å². The number of carbonyl (C=O) groups excluding carboxylic acids is 1. The summed E-state index contributed by atoms with van der Waals surface area (Å²) in [6, 6.07) is 16.2. The Labute approximate surface area is 145 Å². The van der Waals surface area contributed by atoms with Crippen LogP contribution in [0.1, 0.15) is 21.7 Å². The Morgan fingerprint density at radius 3 is 2.28 bits per heavy atom. The van der Waals surface area contributed by atoms with Crippen molar-refractivity contribution in [2.45, 2.75) is 13.8 Å². The van der Waals surface area contributed by atoms with Gasteiger partial charge in [-0.25, -0.2) is 0 Å². The van der Waals surface area contributed by atoms with E-state index in [0.29, 0.717) is 0 Å². The van der Waals surface area contributed by atoms with E-state index in [2.05, 4.69) is 10.6 Å². The molecule has 1 heterocycles. The molecular weight excluding hydrogens is 316 g/mol. The Morgan fingerprint density at radius 1 is 0.960 bits per heavy atom. The molecule has 0 radical (unpaired) electrons. The third-order valence-electron chi connectivity index (χ3n) is 3.83. The Hall–Kier alpha value is -3.34. The predicted octanol–water partition coefficient (Wildman–Crippen LogP) is 4.25. The SMILES string of the molecule is Cc1cccc(C)c1NC(=O)c1cc(=O)c(Nc2ccccc2)co1. The van der Waals surface area contributed by atoms with Crippen LogP contribution < -0.4 is 16.1 Å². The molecule has 1 amide bonds. The lowest BCUT2D eigenvalue weighted by molar-refractivity contribution is 0.0994. The molecule has 0 saturated carbocycles. The minimum Gasteiger partial charge on any atom is -0.457 e. The summed E-state index contributed by atoms with van der Waals surface area (Å²) in [6.45, 7) is 3.82. The first kappa shape index (κ1) is 16.5. The molecule has 0 saturated heterocycles. The highest BCUT2D eigenvalue weighted by Gasteiger charge is 2.14. The molecule has 126 valence electrons. The lowest BCUT2D eigenvalue weighted by Gasteiger charge is -2.11. The number of nitrogens with one attached hydrogen (secondary N) is 2. The summed E-state index contributed by atoms with van der Waals surface area (Å²) in [4.78, 5) is 24.6. The van der Waals surface area contributed by atoms with Crippen LogP contribution in [0.5, 0.6) is 0 Å². The first-order valence-corrected chi connectivity index (χ1v) is 7.87. The highest BCUT2D eigenvalue weighted by Crippen LogP contribution is 2.20. The standard InChI is InChI=1S/C20H18N2O3/c1-13-7-6-8-14(2)19(13)22-20(24)18-11-17(23)16(12-25-18)21-15-9-4-3-5-10-15/h3-12,21H,1-2H3,(H,22,24). The van der Waals surface area contributed by atoms with Crippen LogP contribution in [-0.2, 0) is 0 Å². The molecule has 2 N–H and O–H groups in total. The maximum atomic E-state index is 12.4. The average Bonchev–Trinajstić information content (AvgIpc) is 2.61. The molecule has 3 aromatic rings. The van der Waals surface area contributed by atoms with E-state index in [4.69, 9.17) is 4.42 Å². The summed E-state index contributed by atoms with van der Waals surface area (Å²) in [5.41, 5.74) is 3.33. The van der Waals surface area contributed by atoms with Gasteiger partial charge in [0.15, 0.2) is 5.76 Å². The molecular formula is C20H18N2O3. The summed E-state index contributed by atoms with van der Waals surface area (Å²) in [6.07, 6.45) is 1.26. The van der Waals surface area contributed by atoms with Crippen molar-refractivity contribution >= 4 is 23.0 Å². The van der Waals surface area contributed by atoms with Crippen LogP contribution >= 0.6 is 0 Å². The van der Waals surface area contributed by atoms with E-state index in [1.54, 1.807) is 0 Å². The van der Waals surface area contributed by atoms with Crippen molar-refractivity contribution < 1.29 is 9.21 Å². The van der Waals surface area contributed by atoms with Gasteiger partial charge in [-0.3, -0.25) is 9.59 Å². The molecule has 0 spiro atoms. The molecule has 1 aromatic heterocycles. The molecule has 3 rings (SSSR count). The van der Waals surface area contributed by atoms with E-state index >= 15 is 0 Å². The molecule has 0 aliphatic rings. The van der Waals surface area contributed by atoms with Crippen LogP contribution in [0, 0.1) is 13.8 Å². The third-order valence-corrected chi connectivity index (χ3v) is 3.83. The second-order valence-electron chi connectivity index (χ2n) is 5.73. The van der Waals surface area contributed by atoms with Crippen molar-refractivity contribution in [3.8, 4) is 0 Å². The summed E-state index contributed by atoms with van der Waals surface area (Å²) in [5.74, 6) is -0.493. The van der Waals surface area contributed by atoms with Crippen LogP contribution in [0.15, 0.2) is 70.1 Å². The second-order valence-corrected chi connectivity index (χ2v) is 5.73. The molecule has 0 unspecified atom stereocenters. The van der Waals surface area contributed by atoms with Crippen molar-refractivity contribution in [1.29, 1.82) is 0 Å². The van der Waals surface area contributed by atoms with E-state index < -0.39 is 5.91 Å². The number of rotatable bonds is 4. The number of hydrogen-bond donors (Lipinski definition) is 2. The van der Waals surface area contributed by atoms with Gasteiger partial charge in [0, 0.05) is 17.4 Å². The van der Waals surface area contributed by atoms with Gasteiger partial charge >= 0.3 is 0 Å². The van der Waals surface area contributed by atoms with Crippen molar-refractivity contribution in [3.05, 3.63) is 88.0 Å². The number of hydrogen-bond acceptors (Lipinski definition) is 4. The quantitative estimate of drug-likeness (QED) is 0.748. The van der Waals surface area contributed by atoms with Crippen LogP contribution in [-0.4, -0.2) is 5.91 Å². The van der Waals surface area contributed by atoms with E-state index in [9.17, 15) is 9.59 Å². The van der Waals surface area contributed by atoms with Crippen LogP contribution in [0.2, 0.25) is 0 Å². The molecule has 0 fully saturated rings. The molecule has 0 atom stereocenters. The monoisotopic (exact) mass is 334 g/mol. The van der Waals surface area contributed by atoms with Crippen LogP contribution in [0.4, 0.5) is 17.1 Å². The second kappa shape index (κ2) is 7.05. The molecule has 2 aromatic carbocycles. The maximum absolute atomic E-state index is 12.4. The van der Waals surface area contributed by atoms with Crippen molar-refractivity contribution in [1.82, 2.24) is 0 Å². The fraction of sp³-hybridized carbons (Fsp3) is 0.100. The van der Waals surface area contributed by atoms with Crippen molar-refractivity contribution in [2.75, 3.05) is 10.6 Å². The lowest BCUT2D eigenvalue weighted by atomic mass is 10.1. The molecule has 0 bridgehead atoms. The maximum Gasteiger partial charge on any atom is 0.291 e. The summed E-state index contributed by atoms with van der Waals surface area (Å²) in [5, 5.41) is 5.77. The van der Waals surface area contributed by atoms with Gasteiger partial charge in [0.25, 0.3) is 5.91 Å². The summed E-state index contributed by atoms with van der Waals surface area (Å²) >= 11 is 0. The minimum absolute atomic E-state index is 0.0359. The predicted molar refractivity (Wildman–Crippen MR) is 98.6 cm³/mol. The Bertz CT molecular complexity index is 942. The number of anilines is 3. The fourth-order valence-electron chi connectivity index (χ4n) is 2.49. The number of amides is 1. The molecule has 5 heteroatoms. The Kier molecular flexibility index (Phi) is 4.66. The minimum atomic E-state index is -0.458. The van der Waals surface area contributed by atoms with Crippen molar-refractivity contribution in [2.24, 2.45) is 0 Å². The lowest BCUT2D eigenvalue weighted by Crippen LogP contribution is -2.17. The molecule has 5 nitrogen and oxygen atoms in total. The van der Waals surface area contributed by atoms with E-state index in [-0.39, 0.29) is 16.9 Å². The normalized spacial score (nSPS) is 10.3. The zero-order chi connectivity index (χ0) is 17.8. The van der Waals surface area contributed by atoms with E-state index in [1.165, 1.54) is 12.3 Å². The van der Waals surface area contributed by atoms with Gasteiger partial charge in [0.1, 0.15) is 12.0 Å². The number of carbonyl (C=O) groups is 1. The number of aryl methyl sites for hydroxylation is 2. The van der Waals surface area contributed by atoms with Crippen LogP contribution in [0.3, 0.4) is 0 Å². The smallest absolute Gasteiger partial charge is 0.291 e. The zero-order valence-corrected chi connectivity index (χ0v) is 14.0. The summed E-state index contributed by atoms with van der Waals surface area (Å²) in [7, 11) is 0. The van der Waals surface area contributed by atoms with Gasteiger partial charge in [-0.2, -0.15) is 0 Å². The van der Waals surface area contributed by atoms with Gasteiger partial charge in [0.2, 0.25) is 5.43 Å². The Morgan fingerprint density at radius 2 is 1.64 bits per heavy atom. The number of benzene rings is 2. The summed E-state index contributed by atoms with van der Waals surface area (Å²) < 4.78 is 5.35. The van der Waals surface area contributed by atoms with E-state index in [0.717, 1.165) is 22.5 Å². The largest absolute Gasteiger partial charge is 0.457 e. The van der Waals surface area contributed by atoms with Gasteiger partial charge in [0.05, 0.1) is 0 Å². The fourth-order valence-corrected chi connectivity index (χ4v) is 2.49. The number of para-hydroxylation sites is 2. The topological polar surface area (TPSA) is 71.3 Å². The van der Waals surface area contributed by atoms with Gasteiger partial charge in [-0.1, -0.05) is 36.4 Å². The van der Waals surface area contributed by atoms with Gasteiger partial charge in [-0.15, -0.1) is 0 Å². The van der Waals surface area contributed by atoms with Gasteiger partial charge < -0.3 is 15.1 Å². The zero-order valence-electron chi connectivity index (χ0n) is 14.0. The third kappa shape index (κ3) is 3.77. The first-order chi connectivity index (χ1) is 12.0. The van der Waals surface area contributed by atoms with Gasteiger partial charge in [-0.05, 0) is 37.1 Å². The highest BCUT2D eigenvalue weighted by atomic mass is 16.3. The molecule has 0 aliphatic heterocycles. The first-order valence-electron chi connectivity index (χ1n) is 7.87.